The summed E-state index contributed by atoms with van der Waals surface area (Å²) in [4.78, 5) is 38.0. The van der Waals surface area contributed by atoms with Gasteiger partial charge in [-0.2, -0.15) is 0 Å². The molecule has 1 aromatic carbocycles. The third-order valence-electron chi connectivity index (χ3n) is 5.39. The van der Waals surface area contributed by atoms with Gasteiger partial charge in [0, 0.05) is 18.4 Å². The number of carbonyl (C=O) groups excluding carboxylic acids is 3. The zero-order valence-corrected chi connectivity index (χ0v) is 18.2. The molecular weight excluding hydrogens is 430 g/mol. The number of aromatic nitrogens is 3. The van der Waals surface area contributed by atoms with Crippen LogP contribution in [-0.2, 0) is 23.9 Å². The van der Waals surface area contributed by atoms with E-state index in [1.807, 2.05) is 18.2 Å². The summed E-state index contributed by atoms with van der Waals surface area (Å²) in [5.74, 6) is -1.13. The van der Waals surface area contributed by atoms with E-state index in [1.54, 1.807) is 30.8 Å². The van der Waals surface area contributed by atoms with Crippen LogP contribution < -0.4 is 0 Å². The summed E-state index contributed by atoms with van der Waals surface area (Å²) < 4.78 is 12.4. The van der Waals surface area contributed by atoms with E-state index in [4.69, 9.17) is 21.1 Å². The van der Waals surface area contributed by atoms with E-state index in [2.05, 4.69) is 10.2 Å². The molecule has 1 aromatic heterocycles. The van der Waals surface area contributed by atoms with Crippen molar-refractivity contribution in [2.75, 3.05) is 5.75 Å². The molecule has 10 heteroatoms. The maximum absolute atomic E-state index is 13.0. The SMILES string of the molecule is CC1(C)CC2(CC(C)(C(=O)CSn3cnnc3-c3ccccc3Cl)OC2=O)C(=O)O1. The molecule has 2 aromatic rings. The molecule has 2 aliphatic rings. The molecule has 2 saturated heterocycles. The van der Waals surface area contributed by atoms with Crippen LogP contribution in [0.3, 0.4) is 0 Å². The van der Waals surface area contributed by atoms with Gasteiger partial charge >= 0.3 is 11.9 Å². The molecule has 158 valence electrons. The summed E-state index contributed by atoms with van der Waals surface area (Å²) in [7, 11) is 0. The number of cyclic esters (lactones) is 2. The normalized spacial score (nSPS) is 27.3. The third-order valence-corrected chi connectivity index (χ3v) is 6.66. The molecule has 2 unspecified atom stereocenters. The van der Waals surface area contributed by atoms with E-state index in [0.29, 0.717) is 16.4 Å². The topological polar surface area (TPSA) is 100 Å². The van der Waals surface area contributed by atoms with Crippen LogP contribution in [0.15, 0.2) is 30.6 Å². The predicted octanol–water partition coefficient (Wildman–Crippen LogP) is 3.08. The lowest BCUT2D eigenvalue weighted by atomic mass is 9.75. The van der Waals surface area contributed by atoms with Crippen LogP contribution in [0, 0.1) is 5.41 Å². The van der Waals surface area contributed by atoms with Gasteiger partial charge in [0.2, 0.25) is 0 Å². The van der Waals surface area contributed by atoms with Crippen LogP contribution in [-0.4, -0.2) is 48.8 Å². The summed E-state index contributed by atoms with van der Waals surface area (Å²) in [5.41, 5.74) is -2.91. The summed E-state index contributed by atoms with van der Waals surface area (Å²) in [6, 6.07) is 7.19. The highest BCUT2D eigenvalue weighted by Crippen LogP contribution is 2.52. The Morgan fingerprint density at radius 1 is 1.17 bits per heavy atom. The van der Waals surface area contributed by atoms with Crippen LogP contribution in [0.5, 0.6) is 0 Å². The number of hydrogen-bond donors (Lipinski definition) is 0. The maximum Gasteiger partial charge on any atom is 0.324 e. The van der Waals surface area contributed by atoms with Gasteiger partial charge in [-0.15, -0.1) is 10.2 Å². The van der Waals surface area contributed by atoms with Crippen molar-refractivity contribution >= 4 is 41.3 Å². The molecule has 8 nitrogen and oxygen atoms in total. The molecule has 0 N–H and O–H groups in total. The molecule has 0 saturated carbocycles. The molecular formula is C20H20ClN3O5S. The smallest absolute Gasteiger partial charge is 0.324 e. The van der Waals surface area contributed by atoms with Gasteiger partial charge in [0.1, 0.15) is 11.9 Å². The summed E-state index contributed by atoms with van der Waals surface area (Å²) in [6.45, 7) is 5.02. The maximum atomic E-state index is 13.0. The number of hydrogen-bond acceptors (Lipinski definition) is 8. The van der Waals surface area contributed by atoms with Crippen molar-refractivity contribution in [3.05, 3.63) is 35.6 Å². The molecule has 30 heavy (non-hydrogen) atoms. The average molecular weight is 450 g/mol. The Labute approximate surface area is 182 Å². The Balaban J connectivity index is 1.50. The first kappa shape index (κ1) is 20.9. The lowest BCUT2D eigenvalue weighted by Crippen LogP contribution is -2.38. The van der Waals surface area contributed by atoms with E-state index in [0.717, 1.165) is 11.9 Å². The molecule has 0 bridgehead atoms. The first-order valence-electron chi connectivity index (χ1n) is 9.35. The number of benzene rings is 1. The second-order valence-electron chi connectivity index (χ2n) is 8.36. The number of Topliss-reactive ketones (excluding diaryl/α,β-unsaturated/α-hetero) is 1. The standard InChI is InChI=1S/C20H20ClN3O5S/c1-18(2)9-20(16(26)28-18)10-19(3,29-17(20)27)14(25)8-30-24-11-22-23-15(24)12-6-4-5-7-13(12)21/h4-7,11H,8-10H2,1-3H3. The fourth-order valence-corrected chi connectivity index (χ4v) is 5.18. The number of carbonyl (C=O) groups is 3. The first-order chi connectivity index (χ1) is 14.1. The number of esters is 2. The molecule has 2 atom stereocenters. The lowest BCUT2D eigenvalue weighted by molar-refractivity contribution is -0.163. The van der Waals surface area contributed by atoms with E-state index in [1.165, 1.54) is 6.33 Å². The van der Waals surface area contributed by atoms with Crippen molar-refractivity contribution in [3.63, 3.8) is 0 Å². The zero-order valence-electron chi connectivity index (χ0n) is 16.7. The summed E-state index contributed by atoms with van der Waals surface area (Å²) in [6.07, 6.45) is 1.65. The second-order valence-corrected chi connectivity index (χ2v) is 9.71. The largest absolute Gasteiger partial charge is 0.459 e. The van der Waals surface area contributed by atoms with Crippen LogP contribution >= 0.6 is 23.5 Å². The van der Waals surface area contributed by atoms with E-state index >= 15 is 0 Å². The molecule has 2 aliphatic heterocycles. The van der Waals surface area contributed by atoms with Gasteiger partial charge in [0.25, 0.3) is 0 Å². The molecule has 0 amide bonds. The quantitative estimate of drug-likeness (QED) is 0.507. The molecule has 1 spiro atoms. The average Bonchev–Trinajstić information content (AvgIpc) is 3.29. The predicted molar refractivity (Wildman–Crippen MR) is 110 cm³/mol. The zero-order chi connectivity index (χ0) is 21.7. The van der Waals surface area contributed by atoms with Gasteiger partial charge in [-0.3, -0.25) is 18.4 Å². The van der Waals surface area contributed by atoms with Gasteiger partial charge < -0.3 is 9.47 Å². The fraction of sp³-hybridized carbons (Fsp3) is 0.450. The molecule has 4 rings (SSSR count). The second kappa shape index (κ2) is 7.09. The monoisotopic (exact) mass is 449 g/mol. The van der Waals surface area contributed by atoms with Crippen LogP contribution in [0.25, 0.3) is 11.4 Å². The minimum absolute atomic E-state index is 0.00616. The van der Waals surface area contributed by atoms with Gasteiger partial charge in [-0.1, -0.05) is 23.7 Å². The highest BCUT2D eigenvalue weighted by atomic mass is 35.5. The van der Waals surface area contributed by atoms with Crippen molar-refractivity contribution < 1.29 is 23.9 Å². The van der Waals surface area contributed by atoms with E-state index < -0.39 is 28.6 Å². The molecule has 3 heterocycles. The van der Waals surface area contributed by atoms with Crippen molar-refractivity contribution in [2.24, 2.45) is 5.41 Å². The number of nitrogens with zero attached hydrogens (tertiary/aromatic N) is 3. The van der Waals surface area contributed by atoms with Gasteiger partial charge in [-0.25, -0.2) is 0 Å². The minimum Gasteiger partial charge on any atom is -0.459 e. The Bertz CT molecular complexity index is 1050. The Kier molecular flexibility index (Phi) is 4.93. The summed E-state index contributed by atoms with van der Waals surface area (Å²) in [5, 5.41) is 8.50. The minimum atomic E-state index is -1.42. The Morgan fingerprint density at radius 2 is 1.87 bits per heavy atom. The molecule has 2 fully saturated rings. The number of rotatable bonds is 5. The third kappa shape index (κ3) is 3.39. The van der Waals surface area contributed by atoms with Gasteiger partial charge in [0.15, 0.2) is 22.6 Å². The van der Waals surface area contributed by atoms with Crippen LogP contribution in [0.1, 0.15) is 33.6 Å². The van der Waals surface area contributed by atoms with Crippen LogP contribution in [0.4, 0.5) is 0 Å². The Morgan fingerprint density at radius 3 is 2.53 bits per heavy atom. The Hall–Kier alpha value is -2.39. The number of halogens is 1. The van der Waals surface area contributed by atoms with Crippen molar-refractivity contribution in [3.8, 4) is 11.4 Å². The lowest BCUT2D eigenvalue weighted by Gasteiger charge is -2.21. The fourth-order valence-electron chi connectivity index (χ4n) is 4.03. The highest BCUT2D eigenvalue weighted by Gasteiger charge is 2.67. The molecule has 0 aliphatic carbocycles. The number of ether oxygens (including phenoxy) is 2. The van der Waals surface area contributed by atoms with E-state index in [-0.39, 0.29) is 24.4 Å². The van der Waals surface area contributed by atoms with Crippen molar-refractivity contribution in [2.45, 2.75) is 44.8 Å². The van der Waals surface area contributed by atoms with Gasteiger partial charge in [0.05, 0.1) is 10.8 Å². The first-order valence-corrected chi connectivity index (χ1v) is 10.7. The van der Waals surface area contributed by atoms with E-state index in [9.17, 15) is 14.4 Å². The summed E-state index contributed by atoms with van der Waals surface area (Å²) >= 11 is 7.40. The van der Waals surface area contributed by atoms with Crippen molar-refractivity contribution in [1.29, 1.82) is 0 Å². The van der Waals surface area contributed by atoms with Gasteiger partial charge in [-0.05, 0) is 44.9 Å². The van der Waals surface area contributed by atoms with Crippen molar-refractivity contribution in [1.82, 2.24) is 14.2 Å². The molecule has 0 radical (unpaired) electrons. The highest BCUT2D eigenvalue weighted by molar-refractivity contribution is 7.98. The number of ketones is 1. The van der Waals surface area contributed by atoms with Crippen LogP contribution in [0.2, 0.25) is 5.02 Å².